The molecule has 0 aliphatic carbocycles. The van der Waals surface area contributed by atoms with E-state index < -0.39 is 0 Å². The Morgan fingerprint density at radius 3 is 2.59 bits per heavy atom. The molecule has 1 saturated heterocycles. The lowest BCUT2D eigenvalue weighted by Gasteiger charge is -2.33. The van der Waals surface area contributed by atoms with Crippen molar-refractivity contribution in [1.29, 1.82) is 0 Å². The summed E-state index contributed by atoms with van der Waals surface area (Å²) < 4.78 is 19.4. The molecular weight excluding hydrogens is 448 g/mol. The van der Waals surface area contributed by atoms with Gasteiger partial charge in [0.1, 0.15) is 18.2 Å². The highest BCUT2D eigenvalue weighted by Crippen LogP contribution is 2.34. The Balaban J connectivity index is 0.00000144. The molecule has 174 valence electrons. The predicted molar refractivity (Wildman–Crippen MR) is 135 cm³/mol. The topological polar surface area (TPSA) is 31.5 Å². The van der Waals surface area contributed by atoms with Crippen molar-refractivity contribution in [3.8, 4) is 5.75 Å². The summed E-state index contributed by atoms with van der Waals surface area (Å²) in [6.07, 6.45) is 6.82. The van der Waals surface area contributed by atoms with Crippen LogP contribution in [0, 0.1) is 5.82 Å². The third-order valence-electron chi connectivity index (χ3n) is 6.68. The molecular formula is C25H32Cl2FN3O. The van der Waals surface area contributed by atoms with Crippen LogP contribution in [0.5, 0.6) is 5.75 Å². The van der Waals surface area contributed by atoms with Gasteiger partial charge in [0, 0.05) is 23.6 Å². The molecule has 0 radical (unpaired) electrons. The number of nitrogens with one attached hydrogen (secondary N) is 1. The van der Waals surface area contributed by atoms with E-state index in [9.17, 15) is 4.39 Å². The van der Waals surface area contributed by atoms with Gasteiger partial charge in [0.05, 0.1) is 12.2 Å². The van der Waals surface area contributed by atoms with E-state index in [4.69, 9.17) is 4.74 Å². The molecule has 2 aliphatic heterocycles. The largest absolute Gasteiger partial charge is 0.490 e. The van der Waals surface area contributed by atoms with Gasteiger partial charge in [-0.15, -0.1) is 24.8 Å². The summed E-state index contributed by atoms with van der Waals surface area (Å²) in [5.74, 6) is 1.40. The van der Waals surface area contributed by atoms with Crippen LogP contribution in [-0.4, -0.2) is 49.2 Å². The highest BCUT2D eigenvalue weighted by molar-refractivity contribution is 5.85. The summed E-state index contributed by atoms with van der Waals surface area (Å²) in [6.45, 7) is 6.29. The SMILES string of the molecule is Cl.Cl.Fc1ccc2[nH]cc(C3CCN(CCCCN4CCOc5ccccc54)CC3)c2c1. The molecule has 2 aromatic carbocycles. The van der Waals surface area contributed by atoms with Crippen LogP contribution in [0.1, 0.15) is 37.2 Å². The Kier molecular flexibility index (Phi) is 8.69. The van der Waals surface area contributed by atoms with Crippen LogP contribution in [0.2, 0.25) is 0 Å². The number of ether oxygens (including phenoxy) is 1. The number of unbranched alkanes of at least 4 members (excludes halogenated alkanes) is 1. The zero-order chi connectivity index (χ0) is 20.3. The average molecular weight is 480 g/mol. The van der Waals surface area contributed by atoms with Crippen molar-refractivity contribution in [3.63, 3.8) is 0 Å². The average Bonchev–Trinajstić information content (AvgIpc) is 3.20. The van der Waals surface area contributed by atoms with Crippen molar-refractivity contribution >= 4 is 41.4 Å². The molecule has 0 spiro atoms. The van der Waals surface area contributed by atoms with Crippen LogP contribution in [0.4, 0.5) is 10.1 Å². The van der Waals surface area contributed by atoms with Crippen molar-refractivity contribution in [2.45, 2.75) is 31.6 Å². The summed E-state index contributed by atoms with van der Waals surface area (Å²) in [5.41, 5.74) is 3.56. The lowest BCUT2D eigenvalue weighted by molar-refractivity contribution is 0.209. The summed E-state index contributed by atoms with van der Waals surface area (Å²) >= 11 is 0. The summed E-state index contributed by atoms with van der Waals surface area (Å²) in [6, 6.07) is 13.4. The van der Waals surface area contributed by atoms with Crippen LogP contribution in [0.15, 0.2) is 48.7 Å². The Bertz CT molecular complexity index is 1000. The Morgan fingerprint density at radius 1 is 0.969 bits per heavy atom. The number of benzene rings is 2. The number of hydrogen-bond acceptors (Lipinski definition) is 3. The fourth-order valence-electron chi connectivity index (χ4n) is 5.02. The molecule has 3 aromatic rings. The molecule has 4 nitrogen and oxygen atoms in total. The van der Waals surface area contributed by atoms with Crippen molar-refractivity contribution in [3.05, 3.63) is 60.0 Å². The smallest absolute Gasteiger partial charge is 0.142 e. The molecule has 0 unspecified atom stereocenters. The second-order valence-electron chi connectivity index (χ2n) is 8.56. The maximum atomic E-state index is 13.7. The number of fused-ring (bicyclic) bond motifs is 2. The number of piperidine rings is 1. The van der Waals surface area contributed by atoms with E-state index >= 15 is 0 Å². The quantitative estimate of drug-likeness (QED) is 0.439. The first-order chi connectivity index (χ1) is 14.8. The molecule has 0 bridgehead atoms. The maximum Gasteiger partial charge on any atom is 0.142 e. The van der Waals surface area contributed by atoms with E-state index in [0.717, 1.165) is 62.3 Å². The third kappa shape index (κ3) is 5.33. The molecule has 1 aromatic heterocycles. The summed E-state index contributed by atoms with van der Waals surface area (Å²) in [5, 5.41) is 1.05. The van der Waals surface area contributed by atoms with Crippen LogP contribution in [-0.2, 0) is 0 Å². The zero-order valence-corrected chi connectivity index (χ0v) is 19.9. The summed E-state index contributed by atoms with van der Waals surface area (Å²) in [4.78, 5) is 8.37. The Hall–Kier alpha value is -1.95. The minimum atomic E-state index is -0.149. The van der Waals surface area contributed by atoms with E-state index in [-0.39, 0.29) is 30.6 Å². The molecule has 7 heteroatoms. The summed E-state index contributed by atoms with van der Waals surface area (Å²) in [7, 11) is 0. The number of rotatable bonds is 6. The molecule has 2 aliphatic rings. The number of H-pyrrole nitrogens is 1. The molecule has 0 atom stereocenters. The van der Waals surface area contributed by atoms with Crippen LogP contribution in [0.3, 0.4) is 0 Å². The second-order valence-corrected chi connectivity index (χ2v) is 8.56. The van der Waals surface area contributed by atoms with Crippen molar-refractivity contribution in [1.82, 2.24) is 9.88 Å². The van der Waals surface area contributed by atoms with E-state index in [0.29, 0.717) is 5.92 Å². The van der Waals surface area contributed by atoms with Crippen molar-refractivity contribution in [2.24, 2.45) is 0 Å². The molecule has 0 amide bonds. The third-order valence-corrected chi connectivity index (χ3v) is 6.68. The number of anilines is 1. The second kappa shape index (κ2) is 11.3. The molecule has 0 saturated carbocycles. The molecule has 32 heavy (non-hydrogen) atoms. The van der Waals surface area contributed by atoms with E-state index in [1.807, 2.05) is 12.1 Å². The number of nitrogens with zero attached hydrogens (tertiary/aromatic N) is 2. The fraction of sp³-hybridized carbons (Fsp3) is 0.440. The van der Waals surface area contributed by atoms with E-state index in [2.05, 4.69) is 39.2 Å². The van der Waals surface area contributed by atoms with Gasteiger partial charge in [0.25, 0.3) is 0 Å². The van der Waals surface area contributed by atoms with E-state index in [1.54, 1.807) is 6.07 Å². The molecule has 1 N–H and O–H groups in total. The van der Waals surface area contributed by atoms with Gasteiger partial charge in [-0.2, -0.15) is 0 Å². The van der Waals surface area contributed by atoms with Crippen molar-refractivity contribution in [2.75, 3.05) is 44.2 Å². The van der Waals surface area contributed by atoms with Gasteiger partial charge in [-0.1, -0.05) is 12.1 Å². The van der Waals surface area contributed by atoms with Crippen LogP contribution < -0.4 is 9.64 Å². The van der Waals surface area contributed by atoms with Crippen LogP contribution in [0.25, 0.3) is 10.9 Å². The number of hydrogen-bond donors (Lipinski definition) is 1. The first-order valence-corrected chi connectivity index (χ1v) is 11.2. The molecule has 3 heterocycles. The lowest BCUT2D eigenvalue weighted by atomic mass is 9.89. The normalized spacial score (nSPS) is 16.7. The van der Waals surface area contributed by atoms with Gasteiger partial charge in [-0.3, -0.25) is 0 Å². The Morgan fingerprint density at radius 2 is 1.75 bits per heavy atom. The van der Waals surface area contributed by atoms with Gasteiger partial charge in [-0.05, 0) is 87.1 Å². The van der Waals surface area contributed by atoms with Gasteiger partial charge >= 0.3 is 0 Å². The number of aromatic nitrogens is 1. The Labute approximate surface area is 201 Å². The fourth-order valence-corrected chi connectivity index (χ4v) is 5.02. The van der Waals surface area contributed by atoms with Crippen LogP contribution >= 0.6 is 24.8 Å². The number of halogens is 3. The van der Waals surface area contributed by atoms with Gasteiger partial charge < -0.3 is 19.5 Å². The van der Waals surface area contributed by atoms with Gasteiger partial charge in [-0.25, -0.2) is 4.39 Å². The highest BCUT2D eigenvalue weighted by Gasteiger charge is 2.23. The van der Waals surface area contributed by atoms with Crippen molar-refractivity contribution < 1.29 is 9.13 Å². The number of aromatic amines is 1. The first kappa shape index (κ1) is 24.7. The molecule has 5 rings (SSSR count). The monoisotopic (exact) mass is 479 g/mol. The lowest BCUT2D eigenvalue weighted by Crippen LogP contribution is -2.35. The van der Waals surface area contributed by atoms with E-state index in [1.165, 1.54) is 36.7 Å². The van der Waals surface area contributed by atoms with Gasteiger partial charge in [0.15, 0.2) is 0 Å². The first-order valence-electron chi connectivity index (χ1n) is 11.2. The minimum absolute atomic E-state index is 0. The molecule has 1 fully saturated rings. The predicted octanol–water partition coefficient (Wildman–Crippen LogP) is 6.01. The minimum Gasteiger partial charge on any atom is -0.490 e. The zero-order valence-electron chi connectivity index (χ0n) is 18.3. The number of likely N-dealkylation sites (tertiary alicyclic amines) is 1. The standard InChI is InChI=1S/C25H30FN3O.2ClH/c26-20-7-8-23-21(17-20)22(18-27-23)19-9-13-28(14-10-19)11-3-4-12-29-15-16-30-25-6-2-1-5-24(25)29;;/h1-2,5-8,17-19,27H,3-4,9-16H2;2*1H. The maximum absolute atomic E-state index is 13.7. The van der Waals surface area contributed by atoms with Gasteiger partial charge in [0.2, 0.25) is 0 Å². The highest BCUT2D eigenvalue weighted by atomic mass is 35.5. The number of para-hydroxylation sites is 2.